The number of nitrogens with zero attached hydrogens (tertiary/aromatic N) is 2. The fourth-order valence-corrected chi connectivity index (χ4v) is 3.14. The lowest BCUT2D eigenvalue weighted by atomic mass is 10.1. The van der Waals surface area contributed by atoms with Crippen molar-refractivity contribution < 1.29 is 14.3 Å². The highest BCUT2D eigenvalue weighted by atomic mass is 19.1. The van der Waals surface area contributed by atoms with E-state index >= 15 is 0 Å². The van der Waals surface area contributed by atoms with Crippen molar-refractivity contribution in [2.75, 3.05) is 32.7 Å². The predicted molar refractivity (Wildman–Crippen MR) is 90.0 cm³/mol. The minimum Gasteiger partial charge on any atom is -0.387 e. The second kappa shape index (κ2) is 7.59. The van der Waals surface area contributed by atoms with Crippen LogP contribution in [0.2, 0.25) is 0 Å². The summed E-state index contributed by atoms with van der Waals surface area (Å²) in [5, 5.41) is 13.3. The topological polar surface area (TPSA) is 55.8 Å². The number of carbonyl (C=O) groups is 1. The molecule has 1 aromatic carbocycles. The fourth-order valence-electron chi connectivity index (χ4n) is 3.14. The Morgan fingerprint density at radius 1 is 1.29 bits per heavy atom. The third kappa shape index (κ3) is 4.32. The maximum atomic E-state index is 13.7. The standard InChI is InChI=1S/C18H26FN3O2/c1-13(18(24)20-14-6-7-14)22-10-8-21(9-11-22)12-17(23)15-4-2-3-5-16(15)19/h2-5,13-14,17,23H,6-12H2,1H3,(H,20,24). The number of aliphatic hydroxyl groups excluding tert-OH is 1. The molecule has 0 bridgehead atoms. The van der Waals surface area contributed by atoms with Gasteiger partial charge in [0.15, 0.2) is 0 Å². The van der Waals surface area contributed by atoms with Crippen molar-refractivity contribution in [3.05, 3.63) is 35.6 Å². The van der Waals surface area contributed by atoms with Crippen molar-refractivity contribution in [1.29, 1.82) is 0 Å². The molecule has 1 aromatic rings. The highest BCUT2D eigenvalue weighted by molar-refractivity contribution is 5.81. The van der Waals surface area contributed by atoms with Crippen LogP contribution in [-0.2, 0) is 4.79 Å². The first-order chi connectivity index (χ1) is 11.5. The number of hydrogen-bond donors (Lipinski definition) is 2. The zero-order valence-corrected chi connectivity index (χ0v) is 14.1. The summed E-state index contributed by atoms with van der Waals surface area (Å²) in [7, 11) is 0. The van der Waals surface area contributed by atoms with Gasteiger partial charge in [-0.3, -0.25) is 14.6 Å². The van der Waals surface area contributed by atoms with E-state index in [1.807, 2.05) is 6.92 Å². The van der Waals surface area contributed by atoms with Crippen LogP contribution in [0.3, 0.4) is 0 Å². The normalized spacial score (nSPS) is 22.1. The number of benzene rings is 1. The highest BCUT2D eigenvalue weighted by Crippen LogP contribution is 2.20. The van der Waals surface area contributed by atoms with E-state index < -0.39 is 6.10 Å². The predicted octanol–water partition coefficient (Wildman–Crippen LogP) is 1.14. The van der Waals surface area contributed by atoms with E-state index in [1.54, 1.807) is 18.2 Å². The smallest absolute Gasteiger partial charge is 0.237 e. The molecule has 24 heavy (non-hydrogen) atoms. The molecule has 2 unspecified atom stereocenters. The molecule has 0 spiro atoms. The van der Waals surface area contributed by atoms with Crippen molar-refractivity contribution in [1.82, 2.24) is 15.1 Å². The van der Waals surface area contributed by atoms with Crippen LogP contribution in [0.1, 0.15) is 31.4 Å². The average Bonchev–Trinajstić information content (AvgIpc) is 3.39. The number of β-amino-alcohol motifs (C(OH)–C–C–N with tert-alkyl or cyclic N) is 1. The first kappa shape index (κ1) is 17.3. The van der Waals surface area contributed by atoms with Crippen molar-refractivity contribution in [3.63, 3.8) is 0 Å². The Bertz CT molecular complexity index is 571. The summed E-state index contributed by atoms with van der Waals surface area (Å²) in [5.74, 6) is -0.258. The molecule has 3 rings (SSSR count). The minimum atomic E-state index is -0.826. The summed E-state index contributed by atoms with van der Waals surface area (Å²) in [6.07, 6.45) is 1.37. The zero-order chi connectivity index (χ0) is 17.1. The second-order valence-electron chi connectivity index (χ2n) is 6.83. The maximum Gasteiger partial charge on any atom is 0.237 e. The number of carbonyl (C=O) groups excluding carboxylic acids is 1. The van der Waals surface area contributed by atoms with Gasteiger partial charge in [0.25, 0.3) is 0 Å². The lowest BCUT2D eigenvalue weighted by molar-refractivity contribution is -0.126. The summed E-state index contributed by atoms with van der Waals surface area (Å²) in [6.45, 7) is 5.46. The molecule has 5 nitrogen and oxygen atoms in total. The molecule has 1 saturated heterocycles. The Morgan fingerprint density at radius 2 is 1.96 bits per heavy atom. The van der Waals surface area contributed by atoms with Gasteiger partial charge in [-0.25, -0.2) is 4.39 Å². The third-order valence-electron chi connectivity index (χ3n) is 4.95. The third-order valence-corrected chi connectivity index (χ3v) is 4.95. The number of aliphatic hydroxyl groups is 1. The van der Waals surface area contributed by atoms with Gasteiger partial charge in [-0.2, -0.15) is 0 Å². The van der Waals surface area contributed by atoms with E-state index in [0.717, 1.165) is 39.0 Å². The molecule has 2 fully saturated rings. The monoisotopic (exact) mass is 335 g/mol. The van der Waals surface area contributed by atoms with E-state index in [9.17, 15) is 14.3 Å². The molecule has 1 saturated carbocycles. The first-order valence-corrected chi connectivity index (χ1v) is 8.74. The molecule has 1 aliphatic heterocycles. The van der Waals surface area contributed by atoms with Gasteiger partial charge in [0, 0.05) is 44.3 Å². The highest BCUT2D eigenvalue weighted by Gasteiger charge is 2.30. The molecule has 2 N–H and O–H groups in total. The van der Waals surface area contributed by atoms with Gasteiger partial charge in [-0.1, -0.05) is 18.2 Å². The van der Waals surface area contributed by atoms with Crippen LogP contribution in [-0.4, -0.2) is 65.6 Å². The van der Waals surface area contributed by atoms with Crippen molar-refractivity contribution in [3.8, 4) is 0 Å². The summed E-state index contributed by atoms with van der Waals surface area (Å²) in [4.78, 5) is 16.4. The molecule has 1 heterocycles. The number of hydrogen-bond acceptors (Lipinski definition) is 4. The second-order valence-corrected chi connectivity index (χ2v) is 6.83. The van der Waals surface area contributed by atoms with Crippen molar-refractivity contribution >= 4 is 5.91 Å². The zero-order valence-electron chi connectivity index (χ0n) is 14.1. The first-order valence-electron chi connectivity index (χ1n) is 8.74. The Balaban J connectivity index is 1.46. The molecule has 0 radical (unpaired) electrons. The molecule has 2 aliphatic rings. The lowest BCUT2D eigenvalue weighted by Crippen LogP contribution is -2.54. The number of nitrogens with one attached hydrogen (secondary N) is 1. The lowest BCUT2D eigenvalue weighted by Gasteiger charge is -2.38. The number of amides is 1. The largest absolute Gasteiger partial charge is 0.387 e. The van der Waals surface area contributed by atoms with Gasteiger partial charge >= 0.3 is 0 Å². The number of rotatable bonds is 6. The van der Waals surface area contributed by atoms with Gasteiger partial charge < -0.3 is 10.4 Å². The van der Waals surface area contributed by atoms with Crippen LogP contribution < -0.4 is 5.32 Å². The van der Waals surface area contributed by atoms with Gasteiger partial charge in [0.1, 0.15) is 5.82 Å². The van der Waals surface area contributed by atoms with Crippen LogP contribution in [0.25, 0.3) is 0 Å². The quantitative estimate of drug-likeness (QED) is 0.819. The number of halogens is 1. The molecule has 1 amide bonds. The number of piperazine rings is 1. The summed E-state index contributed by atoms with van der Waals surface area (Å²) in [6, 6.07) is 6.62. The van der Waals surface area contributed by atoms with Gasteiger partial charge in [-0.05, 0) is 25.8 Å². The van der Waals surface area contributed by atoms with E-state index in [0.29, 0.717) is 18.2 Å². The molecule has 6 heteroatoms. The Labute approximate surface area is 142 Å². The van der Waals surface area contributed by atoms with Crippen LogP contribution in [0, 0.1) is 5.82 Å². The average molecular weight is 335 g/mol. The Morgan fingerprint density at radius 3 is 2.58 bits per heavy atom. The Kier molecular flexibility index (Phi) is 5.48. The molecule has 132 valence electrons. The summed E-state index contributed by atoms with van der Waals surface area (Å²) >= 11 is 0. The molecular formula is C18H26FN3O2. The SMILES string of the molecule is CC(C(=O)NC1CC1)N1CCN(CC(O)c2ccccc2F)CC1. The van der Waals surface area contributed by atoms with Crippen molar-refractivity contribution in [2.45, 2.75) is 38.0 Å². The molecule has 2 atom stereocenters. The van der Waals surface area contributed by atoms with E-state index in [4.69, 9.17) is 0 Å². The van der Waals surface area contributed by atoms with E-state index in [1.165, 1.54) is 6.07 Å². The molecule has 1 aliphatic carbocycles. The summed E-state index contributed by atoms with van der Waals surface area (Å²) < 4.78 is 13.7. The summed E-state index contributed by atoms with van der Waals surface area (Å²) in [5.41, 5.74) is 0.345. The molecule has 0 aromatic heterocycles. The van der Waals surface area contributed by atoms with Gasteiger partial charge in [0.05, 0.1) is 12.1 Å². The van der Waals surface area contributed by atoms with Crippen LogP contribution >= 0.6 is 0 Å². The molecular weight excluding hydrogens is 309 g/mol. The maximum absolute atomic E-state index is 13.7. The van der Waals surface area contributed by atoms with Crippen LogP contribution in [0.5, 0.6) is 0 Å². The van der Waals surface area contributed by atoms with Crippen LogP contribution in [0.4, 0.5) is 4.39 Å². The van der Waals surface area contributed by atoms with E-state index in [2.05, 4.69) is 15.1 Å². The van der Waals surface area contributed by atoms with Crippen LogP contribution in [0.15, 0.2) is 24.3 Å². The van der Waals surface area contributed by atoms with Gasteiger partial charge in [0.2, 0.25) is 5.91 Å². The minimum absolute atomic E-state index is 0.109. The van der Waals surface area contributed by atoms with Gasteiger partial charge in [-0.15, -0.1) is 0 Å². The Hall–Kier alpha value is -1.50. The fraction of sp³-hybridized carbons (Fsp3) is 0.611. The van der Waals surface area contributed by atoms with E-state index in [-0.39, 0.29) is 17.8 Å². The van der Waals surface area contributed by atoms with Crippen molar-refractivity contribution in [2.24, 2.45) is 0 Å².